The van der Waals surface area contributed by atoms with Crippen LogP contribution >= 0.6 is 0 Å². The van der Waals surface area contributed by atoms with Crippen LogP contribution in [0, 0.1) is 12.8 Å². The van der Waals surface area contributed by atoms with E-state index in [2.05, 4.69) is 45.5 Å². The molecular formula is C19H29N3O4. The highest BCUT2D eigenvalue weighted by molar-refractivity contribution is 5.80. The maximum absolute atomic E-state index is 11.2. The second kappa shape index (κ2) is 10.7. The lowest BCUT2D eigenvalue weighted by atomic mass is 10.1. The van der Waals surface area contributed by atoms with Crippen molar-refractivity contribution in [1.29, 1.82) is 0 Å². The molecule has 0 aromatic heterocycles. The van der Waals surface area contributed by atoms with E-state index >= 15 is 0 Å². The summed E-state index contributed by atoms with van der Waals surface area (Å²) >= 11 is 0. The van der Waals surface area contributed by atoms with Crippen LogP contribution in [0.5, 0.6) is 5.75 Å². The third kappa shape index (κ3) is 6.55. The van der Waals surface area contributed by atoms with Crippen molar-refractivity contribution in [2.24, 2.45) is 10.9 Å². The molecule has 1 unspecified atom stereocenters. The summed E-state index contributed by atoms with van der Waals surface area (Å²) < 4.78 is 16.1. The number of nitrogens with zero attached hydrogens (tertiary/aromatic N) is 1. The lowest BCUT2D eigenvalue weighted by molar-refractivity contribution is -0.140. The van der Waals surface area contributed by atoms with Crippen LogP contribution in [-0.4, -0.2) is 52.5 Å². The number of nitrogens with one attached hydrogen (secondary N) is 2. The van der Waals surface area contributed by atoms with Crippen molar-refractivity contribution in [2.45, 2.75) is 26.3 Å². The van der Waals surface area contributed by atoms with Crippen molar-refractivity contribution < 1.29 is 19.0 Å². The van der Waals surface area contributed by atoms with E-state index in [-0.39, 0.29) is 5.97 Å². The van der Waals surface area contributed by atoms with Crippen LogP contribution in [0.15, 0.2) is 23.2 Å². The van der Waals surface area contributed by atoms with Gasteiger partial charge in [-0.05, 0) is 25.0 Å². The number of carbonyl (C=O) groups excluding carboxylic acids is 1. The Morgan fingerprint density at radius 1 is 1.38 bits per heavy atom. The van der Waals surface area contributed by atoms with Crippen molar-refractivity contribution in [3.05, 3.63) is 29.3 Å². The predicted octanol–water partition coefficient (Wildman–Crippen LogP) is 1.64. The summed E-state index contributed by atoms with van der Waals surface area (Å²) in [5.74, 6) is 1.72. The standard InChI is InChI=1S/C19H29N3O4/c1-14-4-5-16(17(10-14)26-13-15-7-9-25-12-15)11-22-19(20-2)21-8-6-18(23)24-3/h4-5,10,15H,6-9,11-13H2,1-3H3,(H2,20,21,22). The summed E-state index contributed by atoms with van der Waals surface area (Å²) in [6.07, 6.45) is 1.34. The summed E-state index contributed by atoms with van der Waals surface area (Å²) in [6, 6.07) is 6.18. The number of hydrogen-bond acceptors (Lipinski definition) is 5. The maximum Gasteiger partial charge on any atom is 0.307 e. The van der Waals surface area contributed by atoms with Crippen molar-refractivity contribution in [1.82, 2.24) is 10.6 Å². The molecule has 1 heterocycles. The van der Waals surface area contributed by atoms with Gasteiger partial charge in [0, 0.05) is 38.2 Å². The Balaban J connectivity index is 1.87. The first-order valence-electron chi connectivity index (χ1n) is 8.93. The number of rotatable bonds is 8. The average Bonchev–Trinajstić information content (AvgIpc) is 3.17. The van der Waals surface area contributed by atoms with Gasteiger partial charge in [-0.1, -0.05) is 12.1 Å². The highest BCUT2D eigenvalue weighted by atomic mass is 16.5. The van der Waals surface area contributed by atoms with Crippen molar-refractivity contribution in [2.75, 3.05) is 40.5 Å². The Morgan fingerprint density at radius 2 is 2.23 bits per heavy atom. The third-order valence-corrected chi connectivity index (χ3v) is 4.24. The Hall–Kier alpha value is -2.28. The number of hydrogen-bond donors (Lipinski definition) is 2. The van der Waals surface area contributed by atoms with E-state index in [1.807, 2.05) is 0 Å². The third-order valence-electron chi connectivity index (χ3n) is 4.24. The first-order valence-corrected chi connectivity index (χ1v) is 8.93. The van der Waals surface area contributed by atoms with Gasteiger partial charge in [0.15, 0.2) is 5.96 Å². The second-order valence-corrected chi connectivity index (χ2v) is 6.33. The van der Waals surface area contributed by atoms with Gasteiger partial charge in [0.25, 0.3) is 0 Å². The summed E-state index contributed by atoms with van der Waals surface area (Å²) in [4.78, 5) is 15.3. The molecule has 1 atom stereocenters. The van der Waals surface area contributed by atoms with Crippen LogP contribution in [0.4, 0.5) is 0 Å². The molecule has 0 spiro atoms. The number of carbonyl (C=O) groups is 1. The number of benzene rings is 1. The molecule has 1 aliphatic rings. The van der Waals surface area contributed by atoms with Crippen molar-refractivity contribution >= 4 is 11.9 Å². The Bertz CT molecular complexity index is 613. The second-order valence-electron chi connectivity index (χ2n) is 6.33. The minimum atomic E-state index is -0.252. The van der Waals surface area contributed by atoms with E-state index < -0.39 is 0 Å². The molecule has 1 aromatic carbocycles. The lowest BCUT2D eigenvalue weighted by Gasteiger charge is -2.16. The first kappa shape index (κ1) is 20.0. The molecule has 7 nitrogen and oxygen atoms in total. The van der Waals surface area contributed by atoms with E-state index in [9.17, 15) is 4.79 Å². The van der Waals surface area contributed by atoms with Crippen LogP contribution in [0.3, 0.4) is 0 Å². The summed E-state index contributed by atoms with van der Waals surface area (Å²) in [5, 5.41) is 6.34. The topological polar surface area (TPSA) is 81.2 Å². The van der Waals surface area contributed by atoms with Crippen LogP contribution in [0.25, 0.3) is 0 Å². The van der Waals surface area contributed by atoms with Gasteiger partial charge in [0.1, 0.15) is 5.75 Å². The number of aryl methyl sites for hydroxylation is 1. The fraction of sp³-hybridized carbons (Fsp3) is 0.579. The number of guanidine groups is 1. The van der Waals surface area contributed by atoms with E-state index in [1.54, 1.807) is 7.05 Å². The molecule has 1 aromatic rings. The van der Waals surface area contributed by atoms with Gasteiger partial charge >= 0.3 is 5.97 Å². The monoisotopic (exact) mass is 363 g/mol. The number of aliphatic imine (C=N–C) groups is 1. The fourth-order valence-corrected chi connectivity index (χ4v) is 2.65. The predicted molar refractivity (Wildman–Crippen MR) is 100 cm³/mol. The van der Waals surface area contributed by atoms with E-state index in [0.717, 1.165) is 36.5 Å². The fourth-order valence-electron chi connectivity index (χ4n) is 2.65. The molecule has 0 saturated carbocycles. The highest BCUT2D eigenvalue weighted by Crippen LogP contribution is 2.22. The summed E-state index contributed by atoms with van der Waals surface area (Å²) in [5.41, 5.74) is 2.22. The molecule has 0 bridgehead atoms. The van der Waals surface area contributed by atoms with Crippen LogP contribution in [0.2, 0.25) is 0 Å². The van der Waals surface area contributed by atoms with Crippen molar-refractivity contribution in [3.63, 3.8) is 0 Å². The van der Waals surface area contributed by atoms with Gasteiger partial charge < -0.3 is 24.8 Å². The molecule has 2 rings (SSSR count). The SMILES string of the molecule is CN=C(NCCC(=O)OC)NCc1ccc(C)cc1OCC1CCOC1. The zero-order chi connectivity index (χ0) is 18.8. The van der Waals surface area contributed by atoms with Crippen LogP contribution < -0.4 is 15.4 Å². The molecule has 0 amide bonds. The molecule has 144 valence electrons. The quantitative estimate of drug-likeness (QED) is 0.415. The van der Waals surface area contributed by atoms with Gasteiger partial charge in [-0.3, -0.25) is 9.79 Å². The number of esters is 1. The molecular weight excluding hydrogens is 334 g/mol. The molecule has 1 aliphatic heterocycles. The first-order chi connectivity index (χ1) is 12.6. The van der Waals surface area contributed by atoms with E-state index in [1.165, 1.54) is 7.11 Å². The largest absolute Gasteiger partial charge is 0.493 e. The normalized spacial score (nSPS) is 17.0. The number of ether oxygens (including phenoxy) is 3. The smallest absolute Gasteiger partial charge is 0.307 e. The van der Waals surface area contributed by atoms with Crippen molar-refractivity contribution in [3.8, 4) is 5.75 Å². The molecule has 1 fully saturated rings. The summed E-state index contributed by atoms with van der Waals surface area (Å²) in [6.45, 7) is 5.36. The van der Waals surface area contributed by atoms with Gasteiger partial charge in [-0.15, -0.1) is 0 Å². The average molecular weight is 363 g/mol. The van der Waals surface area contributed by atoms with E-state index in [0.29, 0.717) is 38.0 Å². The maximum atomic E-state index is 11.2. The Morgan fingerprint density at radius 3 is 2.92 bits per heavy atom. The zero-order valence-corrected chi connectivity index (χ0v) is 15.8. The molecule has 0 aliphatic carbocycles. The highest BCUT2D eigenvalue weighted by Gasteiger charge is 2.17. The summed E-state index contributed by atoms with van der Waals surface area (Å²) in [7, 11) is 3.08. The number of methoxy groups -OCH3 is 1. The molecule has 0 radical (unpaired) electrons. The van der Waals surface area contributed by atoms with Gasteiger partial charge in [-0.2, -0.15) is 0 Å². The molecule has 26 heavy (non-hydrogen) atoms. The molecule has 1 saturated heterocycles. The van der Waals surface area contributed by atoms with Gasteiger partial charge in [-0.25, -0.2) is 0 Å². The zero-order valence-electron chi connectivity index (χ0n) is 15.8. The molecule has 2 N–H and O–H groups in total. The van der Waals surface area contributed by atoms with Gasteiger partial charge in [0.05, 0.1) is 26.7 Å². The minimum absolute atomic E-state index is 0.252. The molecule has 7 heteroatoms. The Kier molecular flexibility index (Phi) is 8.21. The Labute approximate surface area is 155 Å². The van der Waals surface area contributed by atoms with E-state index in [4.69, 9.17) is 9.47 Å². The minimum Gasteiger partial charge on any atom is -0.493 e. The van der Waals surface area contributed by atoms with Crippen LogP contribution in [-0.2, 0) is 20.8 Å². The van der Waals surface area contributed by atoms with Crippen LogP contribution in [0.1, 0.15) is 24.0 Å². The lowest BCUT2D eigenvalue weighted by Crippen LogP contribution is -2.38. The van der Waals surface area contributed by atoms with Gasteiger partial charge in [0.2, 0.25) is 0 Å².